The van der Waals surface area contributed by atoms with Crippen LogP contribution in [0.15, 0.2) is 77.8 Å². The zero-order valence-corrected chi connectivity index (χ0v) is 16.9. The summed E-state index contributed by atoms with van der Waals surface area (Å²) in [5.74, 6) is 1.10. The second kappa shape index (κ2) is 9.86. The second-order valence-electron chi connectivity index (χ2n) is 6.99. The minimum Gasteiger partial charge on any atom is -0.350 e. The van der Waals surface area contributed by atoms with Crippen LogP contribution < -0.4 is 0 Å². The number of hydrogen-bond donors (Lipinski definition) is 1. The fourth-order valence-electron chi connectivity index (χ4n) is 3.17. The summed E-state index contributed by atoms with van der Waals surface area (Å²) in [7, 11) is 2.08. The van der Waals surface area contributed by atoms with Gasteiger partial charge < -0.3 is 4.90 Å². The fourth-order valence-corrected chi connectivity index (χ4v) is 3.17. The molecule has 2 aromatic carbocycles. The molecule has 0 aliphatic rings. The van der Waals surface area contributed by atoms with Crippen molar-refractivity contribution in [3.63, 3.8) is 0 Å². The summed E-state index contributed by atoms with van der Waals surface area (Å²) in [5.41, 5.74) is 1.68. The normalized spacial score (nSPS) is 14.1. The second-order valence-corrected chi connectivity index (χ2v) is 6.99. The number of nitrogens with zero attached hydrogens (tertiary/aromatic N) is 2. The first-order valence-electron chi connectivity index (χ1n) is 9.71. The van der Waals surface area contributed by atoms with Crippen molar-refractivity contribution >= 4 is 11.7 Å². The lowest BCUT2D eigenvalue weighted by molar-refractivity contribution is 0.273. The standard InChI is InChI=1S/C24H31N3/c1-5-7-19-24(3,18-6-2)27(4)23(21-16-12-9-13-17-21)26-22(25)20-14-10-8-11-15-20/h7-17,19,25H,5-6,18H2,1-4H3/b19-7-,25-22?,26-23?. The minimum atomic E-state index is -0.156. The number of benzene rings is 2. The predicted octanol–water partition coefficient (Wildman–Crippen LogP) is 5.92. The first kappa shape index (κ1) is 20.6. The van der Waals surface area contributed by atoms with Crippen LogP contribution in [0.1, 0.15) is 51.2 Å². The van der Waals surface area contributed by atoms with Crippen molar-refractivity contribution in [1.82, 2.24) is 4.90 Å². The van der Waals surface area contributed by atoms with E-state index in [1.807, 2.05) is 48.5 Å². The molecule has 1 N–H and O–H groups in total. The molecule has 1 atom stereocenters. The van der Waals surface area contributed by atoms with Gasteiger partial charge in [0.05, 0.1) is 5.54 Å². The first-order chi connectivity index (χ1) is 13.0. The molecule has 1 unspecified atom stereocenters. The summed E-state index contributed by atoms with van der Waals surface area (Å²) < 4.78 is 0. The van der Waals surface area contributed by atoms with Crippen LogP contribution in [0.25, 0.3) is 0 Å². The van der Waals surface area contributed by atoms with Gasteiger partial charge in [-0.1, -0.05) is 93.1 Å². The molecule has 0 saturated heterocycles. The van der Waals surface area contributed by atoms with Gasteiger partial charge in [-0.2, -0.15) is 0 Å². The van der Waals surface area contributed by atoms with E-state index in [9.17, 15) is 0 Å². The van der Waals surface area contributed by atoms with Gasteiger partial charge in [-0.15, -0.1) is 0 Å². The largest absolute Gasteiger partial charge is 0.350 e. The Kier molecular flexibility index (Phi) is 7.54. The lowest BCUT2D eigenvalue weighted by Crippen LogP contribution is -2.46. The first-order valence-corrected chi connectivity index (χ1v) is 9.71. The molecule has 0 heterocycles. The smallest absolute Gasteiger partial charge is 0.154 e. The van der Waals surface area contributed by atoms with Gasteiger partial charge >= 0.3 is 0 Å². The van der Waals surface area contributed by atoms with Crippen molar-refractivity contribution in [3.05, 3.63) is 83.9 Å². The Labute approximate surface area is 164 Å². The average Bonchev–Trinajstić information content (AvgIpc) is 2.71. The maximum Gasteiger partial charge on any atom is 0.154 e. The number of rotatable bonds is 7. The molecular formula is C24H31N3. The van der Waals surface area contributed by atoms with Crippen LogP contribution in [0.4, 0.5) is 0 Å². The molecule has 0 aliphatic carbocycles. The third-order valence-electron chi connectivity index (χ3n) is 4.85. The molecule has 0 aliphatic heterocycles. The van der Waals surface area contributed by atoms with Crippen LogP contribution in [0.5, 0.6) is 0 Å². The van der Waals surface area contributed by atoms with E-state index >= 15 is 0 Å². The number of hydrogen-bond acceptors (Lipinski definition) is 1. The molecule has 3 heteroatoms. The van der Waals surface area contributed by atoms with Crippen LogP contribution in [0.2, 0.25) is 0 Å². The predicted molar refractivity (Wildman–Crippen MR) is 117 cm³/mol. The maximum absolute atomic E-state index is 8.52. The highest BCUT2D eigenvalue weighted by Gasteiger charge is 2.28. The molecule has 0 amide bonds. The molecule has 0 spiro atoms. The van der Waals surface area contributed by atoms with Gasteiger partial charge in [-0.25, -0.2) is 4.99 Å². The quantitative estimate of drug-likeness (QED) is 0.371. The summed E-state index contributed by atoms with van der Waals surface area (Å²) >= 11 is 0. The summed E-state index contributed by atoms with van der Waals surface area (Å²) in [4.78, 5) is 6.98. The number of likely N-dealkylation sites (N-methyl/N-ethyl adjacent to an activating group) is 1. The Morgan fingerprint density at radius 3 is 2.07 bits per heavy atom. The minimum absolute atomic E-state index is 0.156. The topological polar surface area (TPSA) is 39.5 Å². The zero-order chi connectivity index (χ0) is 19.7. The fraction of sp³-hybridized carbons (Fsp3) is 0.333. The van der Waals surface area contributed by atoms with Crippen molar-refractivity contribution in [2.45, 2.75) is 45.6 Å². The Morgan fingerprint density at radius 1 is 1.00 bits per heavy atom. The Balaban J connectivity index is 2.50. The molecule has 0 aromatic heterocycles. The molecule has 0 bridgehead atoms. The molecule has 0 fully saturated rings. The summed E-state index contributed by atoms with van der Waals surface area (Å²) in [6.07, 6.45) is 7.60. The Morgan fingerprint density at radius 2 is 1.56 bits per heavy atom. The SMILES string of the molecule is CC/C=C\C(C)(CCC)N(C)C(=NC(=N)c1ccccc1)c1ccccc1. The highest BCUT2D eigenvalue weighted by Crippen LogP contribution is 2.25. The van der Waals surface area contributed by atoms with Crippen molar-refractivity contribution in [2.75, 3.05) is 7.05 Å². The van der Waals surface area contributed by atoms with E-state index in [-0.39, 0.29) is 11.4 Å². The Hall–Kier alpha value is -2.68. The van der Waals surface area contributed by atoms with Crippen molar-refractivity contribution in [3.8, 4) is 0 Å². The van der Waals surface area contributed by atoms with Gasteiger partial charge in [0.15, 0.2) is 5.84 Å². The van der Waals surface area contributed by atoms with Crippen molar-refractivity contribution in [1.29, 1.82) is 5.41 Å². The van der Waals surface area contributed by atoms with Crippen LogP contribution in [-0.4, -0.2) is 29.2 Å². The number of amidine groups is 2. The third kappa shape index (κ3) is 5.40. The van der Waals surface area contributed by atoms with Crippen LogP contribution >= 0.6 is 0 Å². The highest BCUT2D eigenvalue weighted by atomic mass is 15.2. The number of nitrogens with one attached hydrogen (secondary N) is 1. The van der Waals surface area contributed by atoms with Crippen molar-refractivity contribution in [2.24, 2.45) is 4.99 Å². The van der Waals surface area contributed by atoms with E-state index in [2.05, 4.69) is 57.0 Å². The van der Waals surface area contributed by atoms with Gasteiger partial charge in [-0.05, 0) is 19.8 Å². The lowest BCUT2D eigenvalue weighted by Gasteiger charge is -2.39. The Bertz CT molecular complexity index is 778. The van der Waals surface area contributed by atoms with E-state index in [1.165, 1.54) is 0 Å². The number of allylic oxidation sites excluding steroid dienone is 1. The van der Waals surface area contributed by atoms with E-state index in [0.29, 0.717) is 0 Å². The molecule has 142 valence electrons. The van der Waals surface area contributed by atoms with Crippen LogP contribution in [0.3, 0.4) is 0 Å². The van der Waals surface area contributed by atoms with Gasteiger partial charge in [0.25, 0.3) is 0 Å². The summed E-state index contributed by atoms with van der Waals surface area (Å²) in [6.45, 7) is 6.60. The van der Waals surface area contributed by atoms with E-state index in [4.69, 9.17) is 10.4 Å². The summed E-state index contributed by atoms with van der Waals surface area (Å²) in [6, 6.07) is 19.9. The molecule has 3 nitrogen and oxygen atoms in total. The van der Waals surface area contributed by atoms with Gasteiger partial charge in [0, 0.05) is 18.2 Å². The summed E-state index contributed by atoms with van der Waals surface area (Å²) in [5, 5.41) is 8.52. The van der Waals surface area contributed by atoms with Crippen LogP contribution in [0, 0.1) is 5.41 Å². The molecule has 0 saturated carbocycles. The zero-order valence-electron chi connectivity index (χ0n) is 16.9. The third-order valence-corrected chi connectivity index (χ3v) is 4.85. The van der Waals surface area contributed by atoms with Crippen LogP contribution in [-0.2, 0) is 0 Å². The van der Waals surface area contributed by atoms with E-state index < -0.39 is 0 Å². The van der Waals surface area contributed by atoms with Crippen molar-refractivity contribution < 1.29 is 0 Å². The van der Waals surface area contributed by atoms with Gasteiger partial charge in [0.1, 0.15) is 5.84 Å². The molecular weight excluding hydrogens is 330 g/mol. The molecule has 2 aromatic rings. The van der Waals surface area contributed by atoms with E-state index in [1.54, 1.807) is 0 Å². The number of aliphatic imine (C=N–C) groups is 1. The van der Waals surface area contributed by atoms with Gasteiger partial charge in [0.2, 0.25) is 0 Å². The monoisotopic (exact) mass is 361 g/mol. The van der Waals surface area contributed by atoms with E-state index in [0.717, 1.165) is 36.2 Å². The maximum atomic E-state index is 8.52. The molecule has 2 rings (SSSR count). The molecule has 0 radical (unpaired) electrons. The molecule has 27 heavy (non-hydrogen) atoms. The lowest BCUT2D eigenvalue weighted by atomic mass is 9.92. The average molecular weight is 362 g/mol. The highest BCUT2D eigenvalue weighted by molar-refractivity contribution is 6.10. The van der Waals surface area contributed by atoms with Gasteiger partial charge in [-0.3, -0.25) is 5.41 Å².